The van der Waals surface area contributed by atoms with Crippen LogP contribution in [0.2, 0.25) is 0 Å². The van der Waals surface area contributed by atoms with Crippen LogP contribution >= 0.6 is 11.6 Å². The van der Waals surface area contributed by atoms with Crippen molar-refractivity contribution in [1.82, 2.24) is 4.90 Å². The Morgan fingerprint density at radius 2 is 2.00 bits per heavy atom. The van der Waals surface area contributed by atoms with Gasteiger partial charge in [-0.05, 0) is 12.8 Å². The van der Waals surface area contributed by atoms with Crippen molar-refractivity contribution >= 4 is 17.5 Å². The molecule has 1 rings (SSSR count). The van der Waals surface area contributed by atoms with Gasteiger partial charge in [-0.25, -0.2) is 0 Å². The van der Waals surface area contributed by atoms with Crippen molar-refractivity contribution < 1.29 is 18.0 Å². The highest BCUT2D eigenvalue weighted by atomic mass is 35.5. The summed E-state index contributed by atoms with van der Waals surface area (Å²) in [6.45, 7) is 0.209. The maximum atomic E-state index is 11.9. The molecule has 0 aromatic carbocycles. The van der Waals surface area contributed by atoms with E-state index in [-0.39, 0.29) is 18.5 Å². The fourth-order valence-electron chi connectivity index (χ4n) is 1.26. The van der Waals surface area contributed by atoms with Crippen molar-refractivity contribution in [2.24, 2.45) is 0 Å². The van der Waals surface area contributed by atoms with Gasteiger partial charge in [0.05, 0.1) is 0 Å². The molecule has 0 bridgehead atoms. The zero-order valence-electron chi connectivity index (χ0n) is 7.48. The topological polar surface area (TPSA) is 20.3 Å². The minimum Gasteiger partial charge on any atom is -0.338 e. The molecule has 1 fully saturated rings. The minimum atomic E-state index is -4.42. The van der Waals surface area contributed by atoms with Gasteiger partial charge in [0.25, 0.3) is 0 Å². The molecule has 82 valence electrons. The first kappa shape index (κ1) is 11.6. The largest absolute Gasteiger partial charge is 0.397 e. The lowest BCUT2D eigenvalue weighted by atomic mass is 10.3. The first-order chi connectivity index (χ1) is 6.44. The molecule has 1 aliphatic carbocycles. The number of halogens is 4. The van der Waals surface area contributed by atoms with Gasteiger partial charge < -0.3 is 4.90 Å². The van der Waals surface area contributed by atoms with Crippen molar-refractivity contribution in [3.05, 3.63) is 0 Å². The molecule has 14 heavy (non-hydrogen) atoms. The molecular formula is C8H11ClF3NO. The van der Waals surface area contributed by atoms with Crippen LogP contribution in [0.4, 0.5) is 13.2 Å². The van der Waals surface area contributed by atoms with Crippen molar-refractivity contribution in [2.45, 2.75) is 31.5 Å². The molecule has 0 saturated heterocycles. The molecule has 2 nitrogen and oxygen atoms in total. The van der Waals surface area contributed by atoms with E-state index in [0.29, 0.717) is 0 Å². The van der Waals surface area contributed by atoms with Crippen LogP contribution in [0.5, 0.6) is 0 Å². The summed E-state index contributed by atoms with van der Waals surface area (Å²) in [6.07, 6.45) is -4.21. The smallest absolute Gasteiger partial charge is 0.338 e. The number of carbonyl (C=O) groups is 1. The van der Waals surface area contributed by atoms with Crippen molar-refractivity contribution in [1.29, 1.82) is 0 Å². The Bertz CT molecular complexity index is 215. The van der Waals surface area contributed by atoms with Gasteiger partial charge in [-0.1, -0.05) is 0 Å². The molecule has 0 atom stereocenters. The number of rotatable bonds is 4. The lowest BCUT2D eigenvalue weighted by Crippen LogP contribution is -2.37. The lowest BCUT2D eigenvalue weighted by molar-refractivity contribution is -0.161. The molecule has 0 aliphatic heterocycles. The third-order valence-corrected chi connectivity index (χ3v) is 2.15. The Kier molecular flexibility index (Phi) is 3.64. The first-order valence-electron chi connectivity index (χ1n) is 4.36. The summed E-state index contributed by atoms with van der Waals surface area (Å²) in [5, 5.41) is 0. The van der Waals surface area contributed by atoms with Crippen LogP contribution in [0.25, 0.3) is 0 Å². The highest BCUT2D eigenvalue weighted by molar-refractivity contribution is 6.18. The second-order valence-corrected chi connectivity index (χ2v) is 3.68. The van der Waals surface area contributed by atoms with Crippen LogP contribution in [0.1, 0.15) is 19.3 Å². The SMILES string of the molecule is O=C(CC(F)(F)F)N(CCCl)C1CC1. The zero-order valence-corrected chi connectivity index (χ0v) is 8.24. The average molecular weight is 230 g/mol. The highest BCUT2D eigenvalue weighted by Crippen LogP contribution is 2.29. The summed E-state index contributed by atoms with van der Waals surface area (Å²) in [7, 11) is 0. The van der Waals surface area contributed by atoms with E-state index < -0.39 is 18.5 Å². The summed E-state index contributed by atoms with van der Waals surface area (Å²) in [5.41, 5.74) is 0. The molecule has 0 aromatic rings. The monoisotopic (exact) mass is 229 g/mol. The Balaban J connectivity index is 2.46. The van der Waals surface area contributed by atoms with E-state index in [1.54, 1.807) is 0 Å². The molecule has 6 heteroatoms. The fourth-order valence-corrected chi connectivity index (χ4v) is 1.44. The van der Waals surface area contributed by atoms with Gasteiger partial charge >= 0.3 is 6.18 Å². The summed E-state index contributed by atoms with van der Waals surface area (Å²) in [6, 6.07) is -0.0106. The summed E-state index contributed by atoms with van der Waals surface area (Å²) in [5.74, 6) is -0.680. The van der Waals surface area contributed by atoms with E-state index in [0.717, 1.165) is 12.8 Å². The Morgan fingerprint density at radius 3 is 2.36 bits per heavy atom. The molecule has 1 saturated carbocycles. The van der Waals surface area contributed by atoms with Crippen LogP contribution in [-0.2, 0) is 4.79 Å². The normalized spacial score (nSPS) is 16.9. The predicted octanol–water partition coefficient (Wildman–Crippen LogP) is 2.17. The standard InChI is InChI=1S/C8H11ClF3NO/c9-3-4-13(6-1-2-6)7(14)5-8(10,11)12/h6H,1-5H2. The second-order valence-electron chi connectivity index (χ2n) is 3.30. The number of alkyl halides is 4. The van der Waals surface area contributed by atoms with E-state index >= 15 is 0 Å². The van der Waals surface area contributed by atoms with Crippen LogP contribution in [0.15, 0.2) is 0 Å². The van der Waals surface area contributed by atoms with Crippen LogP contribution in [0, 0.1) is 0 Å². The van der Waals surface area contributed by atoms with Crippen molar-refractivity contribution in [2.75, 3.05) is 12.4 Å². The third kappa shape index (κ3) is 3.74. The van der Waals surface area contributed by atoms with Gasteiger partial charge in [0.2, 0.25) is 5.91 Å². The molecule has 0 N–H and O–H groups in total. The van der Waals surface area contributed by atoms with Crippen LogP contribution in [0.3, 0.4) is 0 Å². The molecule has 0 spiro atoms. The van der Waals surface area contributed by atoms with Gasteiger partial charge in [-0.2, -0.15) is 13.2 Å². The Labute approximate surface area is 85.0 Å². The summed E-state index contributed by atoms with van der Waals surface area (Å²) < 4.78 is 35.7. The van der Waals surface area contributed by atoms with Gasteiger partial charge in [-0.15, -0.1) is 11.6 Å². The number of nitrogens with zero attached hydrogens (tertiary/aromatic N) is 1. The van der Waals surface area contributed by atoms with Crippen molar-refractivity contribution in [3.63, 3.8) is 0 Å². The third-order valence-electron chi connectivity index (χ3n) is 1.99. The second kappa shape index (κ2) is 4.38. The maximum Gasteiger partial charge on any atom is 0.397 e. The number of amides is 1. The maximum absolute atomic E-state index is 11.9. The summed E-state index contributed by atoms with van der Waals surface area (Å²) in [4.78, 5) is 12.4. The lowest BCUT2D eigenvalue weighted by Gasteiger charge is -2.21. The Hall–Kier alpha value is -0.450. The van der Waals surface area contributed by atoms with Gasteiger partial charge in [-0.3, -0.25) is 4.79 Å². The van der Waals surface area contributed by atoms with Crippen LogP contribution in [-0.4, -0.2) is 35.4 Å². The number of hydrogen-bond acceptors (Lipinski definition) is 1. The van der Waals surface area contributed by atoms with Gasteiger partial charge in [0.1, 0.15) is 6.42 Å². The predicted molar refractivity (Wildman–Crippen MR) is 46.1 cm³/mol. The number of carbonyl (C=O) groups excluding carboxylic acids is 1. The fraction of sp³-hybridized carbons (Fsp3) is 0.875. The molecule has 0 unspecified atom stereocenters. The van der Waals surface area contributed by atoms with E-state index in [1.807, 2.05) is 0 Å². The molecule has 0 aromatic heterocycles. The van der Waals surface area contributed by atoms with E-state index in [9.17, 15) is 18.0 Å². The van der Waals surface area contributed by atoms with E-state index in [4.69, 9.17) is 11.6 Å². The van der Waals surface area contributed by atoms with E-state index in [2.05, 4.69) is 0 Å². The van der Waals surface area contributed by atoms with Gasteiger partial charge in [0.15, 0.2) is 0 Å². The Morgan fingerprint density at radius 1 is 1.43 bits per heavy atom. The average Bonchev–Trinajstić information content (AvgIpc) is 2.78. The first-order valence-corrected chi connectivity index (χ1v) is 4.89. The van der Waals surface area contributed by atoms with E-state index in [1.165, 1.54) is 4.90 Å². The minimum absolute atomic E-state index is 0.0106. The van der Waals surface area contributed by atoms with Crippen molar-refractivity contribution in [3.8, 4) is 0 Å². The van der Waals surface area contributed by atoms with Gasteiger partial charge in [0, 0.05) is 18.5 Å². The molecule has 1 aliphatic rings. The molecule has 0 radical (unpaired) electrons. The molecule has 0 heterocycles. The molecule has 1 amide bonds. The zero-order chi connectivity index (χ0) is 10.8. The quantitative estimate of drug-likeness (QED) is 0.677. The summed E-state index contributed by atoms with van der Waals surface area (Å²) >= 11 is 5.41. The highest BCUT2D eigenvalue weighted by Gasteiger charge is 2.38. The van der Waals surface area contributed by atoms with Crippen LogP contribution < -0.4 is 0 Å². The molecular weight excluding hydrogens is 219 g/mol. The number of hydrogen-bond donors (Lipinski definition) is 0.